The number of allylic oxidation sites excluding steroid dienone is 2. The number of carbonyl (C=O) groups is 3. The van der Waals surface area contributed by atoms with Crippen LogP contribution in [0.15, 0.2) is 12.2 Å². The Kier molecular flexibility index (Phi) is 24.4. The van der Waals surface area contributed by atoms with Gasteiger partial charge in [0.15, 0.2) is 0 Å². The van der Waals surface area contributed by atoms with E-state index in [1.54, 1.807) is 0 Å². The van der Waals surface area contributed by atoms with Crippen molar-refractivity contribution in [2.75, 3.05) is 53.1 Å². The van der Waals surface area contributed by atoms with Crippen LogP contribution in [-0.2, 0) is 14.3 Å². The first kappa shape index (κ1) is 41.9. The van der Waals surface area contributed by atoms with Gasteiger partial charge in [-0.2, -0.15) is 0 Å². The van der Waals surface area contributed by atoms with Crippen LogP contribution in [0.3, 0.4) is 0 Å². The minimum absolute atomic E-state index is 0.0645. The lowest BCUT2D eigenvalue weighted by Gasteiger charge is -2.34. The van der Waals surface area contributed by atoms with Crippen LogP contribution >= 0.6 is 0 Å². The molecular formula is C36H70N6O4. The first-order chi connectivity index (χ1) is 22.1. The number of nitrogens with one attached hydrogen (secondary N) is 4. The predicted octanol–water partition coefficient (Wildman–Crippen LogP) is 6.07. The van der Waals surface area contributed by atoms with E-state index in [1.165, 1.54) is 57.8 Å². The second kappa shape index (κ2) is 26.9. The molecule has 1 aliphatic heterocycles. The standard InChI is InChI=1S/C36H70N6O4/c1-6-7-8-9-10-11-12-13-14-15-16-17-18-19-20-24-33(43)40-32(23-21-22-25-38-35(45)46-36(2,3)4)34(44)39-31-42-28-26-41(27-29-42)30-37-5/h13-14,32,37H,6-12,15-31H2,1-5H3,(H,38,45)(H,39,44)(H,40,43)/b14-13-/t32-/m0/s1. The number of ether oxygens (including phenoxy) is 1. The molecule has 0 aromatic rings. The van der Waals surface area contributed by atoms with Gasteiger partial charge in [0, 0.05) is 45.8 Å². The van der Waals surface area contributed by atoms with Crippen molar-refractivity contribution >= 4 is 17.9 Å². The van der Waals surface area contributed by atoms with E-state index >= 15 is 0 Å². The second-order valence-corrected chi connectivity index (χ2v) is 13.8. The van der Waals surface area contributed by atoms with Gasteiger partial charge in [-0.3, -0.25) is 19.4 Å². The Hall–Kier alpha value is -2.17. The summed E-state index contributed by atoms with van der Waals surface area (Å²) in [6.45, 7) is 13.3. The SMILES string of the molecule is CCCCCCCC/C=C\CCCCCCCC(=O)N[C@@H](CCCCNC(=O)OC(C)(C)C)C(=O)NCN1CCN(CNC)CC1. The Labute approximate surface area is 281 Å². The number of carbonyl (C=O) groups excluding carboxylic acids is 3. The Balaban J connectivity index is 2.33. The van der Waals surface area contributed by atoms with Gasteiger partial charge in [-0.1, -0.05) is 70.4 Å². The minimum atomic E-state index is -0.581. The highest BCUT2D eigenvalue weighted by Gasteiger charge is 2.22. The number of amides is 3. The van der Waals surface area contributed by atoms with Crippen LogP contribution in [0.5, 0.6) is 0 Å². The smallest absolute Gasteiger partial charge is 0.407 e. The largest absolute Gasteiger partial charge is 0.444 e. The van der Waals surface area contributed by atoms with Crippen molar-refractivity contribution in [3.05, 3.63) is 12.2 Å². The fourth-order valence-corrected chi connectivity index (χ4v) is 5.51. The van der Waals surface area contributed by atoms with Gasteiger partial charge < -0.3 is 26.0 Å². The van der Waals surface area contributed by atoms with Gasteiger partial charge in [0.05, 0.1) is 6.67 Å². The molecule has 268 valence electrons. The van der Waals surface area contributed by atoms with Gasteiger partial charge in [-0.25, -0.2) is 4.79 Å². The zero-order valence-corrected chi connectivity index (χ0v) is 30.2. The monoisotopic (exact) mass is 651 g/mol. The third kappa shape index (κ3) is 24.1. The highest BCUT2D eigenvalue weighted by atomic mass is 16.6. The molecule has 46 heavy (non-hydrogen) atoms. The van der Waals surface area contributed by atoms with Gasteiger partial charge in [-0.05, 0) is 79.2 Å². The quantitative estimate of drug-likeness (QED) is 0.0664. The molecule has 0 radical (unpaired) electrons. The minimum Gasteiger partial charge on any atom is -0.444 e. The van der Waals surface area contributed by atoms with E-state index in [2.05, 4.69) is 50.1 Å². The van der Waals surface area contributed by atoms with Gasteiger partial charge in [0.1, 0.15) is 11.6 Å². The van der Waals surface area contributed by atoms with E-state index < -0.39 is 17.7 Å². The Morgan fingerprint density at radius 1 is 0.739 bits per heavy atom. The average molecular weight is 651 g/mol. The molecule has 3 amide bonds. The number of unbranched alkanes of at least 4 members (excludes halogenated alkanes) is 12. The predicted molar refractivity (Wildman–Crippen MR) is 190 cm³/mol. The third-order valence-electron chi connectivity index (χ3n) is 8.23. The lowest BCUT2D eigenvalue weighted by molar-refractivity contribution is -0.129. The maximum Gasteiger partial charge on any atom is 0.407 e. The summed E-state index contributed by atoms with van der Waals surface area (Å²) in [5.74, 6) is -0.207. The van der Waals surface area contributed by atoms with Crippen molar-refractivity contribution in [3.63, 3.8) is 0 Å². The molecule has 1 atom stereocenters. The van der Waals surface area contributed by atoms with Crippen LogP contribution in [-0.4, -0.2) is 92.5 Å². The summed E-state index contributed by atoms with van der Waals surface area (Å²) >= 11 is 0. The lowest BCUT2D eigenvalue weighted by atomic mass is 10.1. The number of nitrogens with zero attached hydrogens (tertiary/aromatic N) is 2. The summed E-state index contributed by atoms with van der Waals surface area (Å²) in [7, 11) is 1.95. The molecule has 0 aliphatic carbocycles. The molecule has 1 saturated heterocycles. The van der Waals surface area contributed by atoms with Crippen LogP contribution in [0.1, 0.15) is 137 Å². The van der Waals surface area contributed by atoms with E-state index in [9.17, 15) is 14.4 Å². The molecule has 0 bridgehead atoms. The van der Waals surface area contributed by atoms with Crippen molar-refractivity contribution in [2.45, 2.75) is 148 Å². The summed E-state index contributed by atoms with van der Waals surface area (Å²) < 4.78 is 5.29. The van der Waals surface area contributed by atoms with E-state index in [-0.39, 0.29) is 11.8 Å². The van der Waals surface area contributed by atoms with E-state index in [1.807, 2.05) is 27.8 Å². The molecule has 0 saturated carbocycles. The summed E-state index contributed by atoms with van der Waals surface area (Å²) in [5, 5.41) is 12.0. The Bertz CT molecular complexity index is 824. The van der Waals surface area contributed by atoms with Crippen molar-refractivity contribution in [1.29, 1.82) is 0 Å². The molecule has 0 aromatic carbocycles. The summed E-state index contributed by atoms with van der Waals surface area (Å²) in [4.78, 5) is 42.5. The maximum atomic E-state index is 13.2. The first-order valence-corrected chi connectivity index (χ1v) is 18.4. The summed E-state index contributed by atoms with van der Waals surface area (Å²) in [5.41, 5.74) is -0.541. The first-order valence-electron chi connectivity index (χ1n) is 18.4. The van der Waals surface area contributed by atoms with Crippen LogP contribution in [0.4, 0.5) is 4.79 Å². The van der Waals surface area contributed by atoms with Crippen LogP contribution in [0.25, 0.3) is 0 Å². The second-order valence-electron chi connectivity index (χ2n) is 13.8. The van der Waals surface area contributed by atoms with Gasteiger partial charge in [0.25, 0.3) is 0 Å². The molecule has 1 fully saturated rings. The maximum absolute atomic E-state index is 13.2. The molecule has 0 aromatic heterocycles. The summed E-state index contributed by atoms with van der Waals surface area (Å²) in [6.07, 6.45) is 22.4. The fourth-order valence-electron chi connectivity index (χ4n) is 5.51. The van der Waals surface area contributed by atoms with Gasteiger partial charge >= 0.3 is 6.09 Å². The van der Waals surface area contributed by atoms with E-state index in [0.29, 0.717) is 38.9 Å². The number of hydrogen-bond acceptors (Lipinski definition) is 7. The highest BCUT2D eigenvalue weighted by molar-refractivity contribution is 5.87. The van der Waals surface area contributed by atoms with Crippen LogP contribution < -0.4 is 21.3 Å². The molecule has 1 rings (SSSR count). The number of rotatable bonds is 26. The van der Waals surface area contributed by atoms with Gasteiger partial charge in [0.2, 0.25) is 11.8 Å². The molecule has 1 aliphatic rings. The van der Waals surface area contributed by atoms with Crippen molar-refractivity contribution in [2.24, 2.45) is 0 Å². The lowest BCUT2D eigenvalue weighted by Crippen LogP contribution is -2.54. The zero-order valence-electron chi connectivity index (χ0n) is 30.2. The molecule has 0 unspecified atom stereocenters. The highest BCUT2D eigenvalue weighted by Crippen LogP contribution is 2.11. The van der Waals surface area contributed by atoms with Crippen molar-refractivity contribution in [3.8, 4) is 0 Å². The van der Waals surface area contributed by atoms with E-state index in [0.717, 1.165) is 58.5 Å². The van der Waals surface area contributed by atoms with E-state index in [4.69, 9.17) is 4.74 Å². The normalized spacial score (nSPS) is 15.2. The number of piperazine rings is 1. The molecule has 10 heteroatoms. The van der Waals surface area contributed by atoms with Crippen LogP contribution in [0.2, 0.25) is 0 Å². The summed E-state index contributed by atoms with van der Waals surface area (Å²) in [6, 6.07) is -0.581. The molecule has 1 heterocycles. The zero-order chi connectivity index (χ0) is 33.9. The number of alkyl carbamates (subject to hydrolysis) is 1. The fraction of sp³-hybridized carbons (Fsp3) is 0.861. The van der Waals surface area contributed by atoms with Crippen molar-refractivity contribution < 1.29 is 19.1 Å². The third-order valence-corrected chi connectivity index (χ3v) is 8.23. The molecule has 0 spiro atoms. The Morgan fingerprint density at radius 2 is 1.30 bits per heavy atom. The molecule has 10 nitrogen and oxygen atoms in total. The number of hydrogen-bond donors (Lipinski definition) is 4. The molecule has 4 N–H and O–H groups in total. The van der Waals surface area contributed by atoms with Crippen molar-refractivity contribution in [1.82, 2.24) is 31.1 Å². The van der Waals surface area contributed by atoms with Crippen LogP contribution in [0, 0.1) is 0 Å². The Morgan fingerprint density at radius 3 is 1.89 bits per heavy atom. The molecular weight excluding hydrogens is 580 g/mol. The van der Waals surface area contributed by atoms with Gasteiger partial charge in [-0.15, -0.1) is 0 Å². The topological polar surface area (TPSA) is 115 Å². The average Bonchev–Trinajstić information content (AvgIpc) is 3.01.